The molecule has 0 amide bonds. The molecule has 0 unspecified atom stereocenters. The molecule has 0 aliphatic carbocycles. The van der Waals surface area contributed by atoms with Gasteiger partial charge in [0.15, 0.2) is 5.69 Å². The van der Waals surface area contributed by atoms with Crippen LogP contribution in [0.3, 0.4) is 0 Å². The molecule has 7 heteroatoms. The number of carbonyl (C=O) groups is 1. The Balaban J connectivity index is 1.81. The van der Waals surface area contributed by atoms with E-state index in [0.29, 0.717) is 27.5 Å². The van der Waals surface area contributed by atoms with Crippen molar-refractivity contribution in [2.24, 2.45) is 0 Å². The number of benzene rings is 2. The van der Waals surface area contributed by atoms with Crippen LogP contribution in [-0.4, -0.2) is 21.0 Å². The number of hydrogen-bond acceptors (Lipinski definition) is 4. The maximum absolute atomic E-state index is 13.3. The highest BCUT2D eigenvalue weighted by Crippen LogP contribution is 2.19. The number of aryl methyl sites for hydroxylation is 1. The van der Waals surface area contributed by atoms with E-state index in [1.54, 1.807) is 38.1 Å². The van der Waals surface area contributed by atoms with Gasteiger partial charge in [-0.25, -0.2) is 13.9 Å². The third-order valence-corrected chi connectivity index (χ3v) is 4.16. The zero-order valence-electron chi connectivity index (χ0n) is 13.7. The zero-order valence-corrected chi connectivity index (χ0v) is 14.4. The Hall–Kier alpha value is -2.73. The van der Waals surface area contributed by atoms with Crippen molar-refractivity contribution in [3.8, 4) is 5.69 Å². The van der Waals surface area contributed by atoms with Crippen molar-refractivity contribution >= 4 is 17.6 Å². The summed E-state index contributed by atoms with van der Waals surface area (Å²) in [5.41, 5.74) is 2.66. The van der Waals surface area contributed by atoms with Crippen LogP contribution in [0.15, 0.2) is 42.5 Å². The van der Waals surface area contributed by atoms with E-state index in [9.17, 15) is 9.18 Å². The largest absolute Gasteiger partial charge is 0.456 e. The number of hydrogen-bond donors (Lipinski definition) is 0. The molecule has 0 radical (unpaired) electrons. The molecule has 2 aromatic carbocycles. The number of ether oxygens (including phenoxy) is 1. The van der Waals surface area contributed by atoms with Gasteiger partial charge in [-0.3, -0.25) is 0 Å². The average Bonchev–Trinajstić information content (AvgIpc) is 2.95. The number of aromatic nitrogens is 3. The van der Waals surface area contributed by atoms with E-state index in [0.717, 1.165) is 0 Å². The Morgan fingerprint density at radius 1 is 1.24 bits per heavy atom. The first-order valence-corrected chi connectivity index (χ1v) is 7.94. The lowest BCUT2D eigenvalue weighted by Gasteiger charge is -2.08. The maximum Gasteiger partial charge on any atom is 0.361 e. The third-order valence-electron chi connectivity index (χ3n) is 3.79. The van der Waals surface area contributed by atoms with Gasteiger partial charge in [-0.15, -0.1) is 5.10 Å². The second-order valence-electron chi connectivity index (χ2n) is 5.53. The minimum Gasteiger partial charge on any atom is -0.456 e. The highest BCUT2D eigenvalue weighted by atomic mass is 35.5. The van der Waals surface area contributed by atoms with Crippen LogP contribution in [-0.2, 0) is 11.3 Å². The van der Waals surface area contributed by atoms with E-state index < -0.39 is 5.97 Å². The first-order chi connectivity index (χ1) is 12.0. The van der Waals surface area contributed by atoms with Crippen LogP contribution < -0.4 is 0 Å². The molecule has 0 atom stereocenters. The first kappa shape index (κ1) is 17.1. The lowest BCUT2D eigenvalue weighted by molar-refractivity contribution is 0.0465. The molecule has 0 aliphatic heterocycles. The normalized spacial score (nSPS) is 10.7. The predicted molar refractivity (Wildman–Crippen MR) is 91.4 cm³/mol. The lowest BCUT2D eigenvalue weighted by atomic mass is 10.2. The smallest absolute Gasteiger partial charge is 0.361 e. The Kier molecular flexibility index (Phi) is 4.81. The highest BCUT2D eigenvalue weighted by molar-refractivity contribution is 6.31. The fourth-order valence-corrected chi connectivity index (χ4v) is 2.62. The SMILES string of the molecule is Cc1cc(F)ccc1-n1nnc(C(=O)OCc2ccccc2Cl)c1C. The molecule has 3 aromatic rings. The summed E-state index contributed by atoms with van der Waals surface area (Å²) >= 11 is 6.05. The summed E-state index contributed by atoms with van der Waals surface area (Å²) < 4.78 is 20.0. The van der Waals surface area contributed by atoms with Crippen molar-refractivity contribution in [3.63, 3.8) is 0 Å². The van der Waals surface area contributed by atoms with E-state index in [2.05, 4.69) is 10.3 Å². The summed E-state index contributed by atoms with van der Waals surface area (Å²) in [5, 5.41) is 8.41. The summed E-state index contributed by atoms with van der Waals surface area (Å²) in [6.45, 7) is 3.50. The predicted octanol–water partition coefficient (Wildman–Crippen LogP) is 4.03. The van der Waals surface area contributed by atoms with Crippen LogP contribution in [0.1, 0.15) is 27.3 Å². The van der Waals surface area contributed by atoms with Gasteiger partial charge in [0, 0.05) is 10.6 Å². The summed E-state index contributed by atoms with van der Waals surface area (Å²) in [6, 6.07) is 11.4. The summed E-state index contributed by atoms with van der Waals surface area (Å²) in [6.07, 6.45) is 0. The number of carbonyl (C=O) groups excluding carboxylic acids is 1. The second kappa shape index (κ2) is 7.03. The van der Waals surface area contributed by atoms with Crippen molar-refractivity contribution in [1.82, 2.24) is 15.0 Å². The minimum atomic E-state index is -0.594. The van der Waals surface area contributed by atoms with E-state index in [1.165, 1.54) is 16.8 Å². The Bertz CT molecular complexity index is 940. The molecule has 0 spiro atoms. The minimum absolute atomic E-state index is 0.0420. The van der Waals surface area contributed by atoms with Crippen molar-refractivity contribution in [2.75, 3.05) is 0 Å². The summed E-state index contributed by atoms with van der Waals surface area (Å²) in [4.78, 5) is 12.3. The van der Waals surface area contributed by atoms with Gasteiger partial charge in [-0.2, -0.15) is 0 Å². The summed E-state index contributed by atoms with van der Waals surface area (Å²) in [5.74, 6) is -0.929. The number of esters is 1. The molecule has 0 N–H and O–H groups in total. The van der Waals surface area contributed by atoms with Gasteiger partial charge in [0.25, 0.3) is 0 Å². The quantitative estimate of drug-likeness (QED) is 0.660. The zero-order chi connectivity index (χ0) is 18.0. The molecule has 0 aliphatic rings. The topological polar surface area (TPSA) is 57.0 Å². The van der Waals surface area contributed by atoms with Gasteiger partial charge in [0.1, 0.15) is 12.4 Å². The molecule has 0 saturated heterocycles. The Labute approximate surface area is 149 Å². The van der Waals surface area contributed by atoms with Crippen molar-refractivity contribution < 1.29 is 13.9 Å². The first-order valence-electron chi connectivity index (χ1n) is 7.56. The van der Waals surface area contributed by atoms with Gasteiger partial charge in [0.05, 0.1) is 11.4 Å². The highest BCUT2D eigenvalue weighted by Gasteiger charge is 2.20. The molecule has 5 nitrogen and oxygen atoms in total. The van der Waals surface area contributed by atoms with Crippen molar-refractivity contribution in [1.29, 1.82) is 0 Å². The molecule has 1 aromatic heterocycles. The maximum atomic E-state index is 13.3. The van der Waals surface area contributed by atoms with Crippen LogP contribution in [0.25, 0.3) is 5.69 Å². The van der Waals surface area contributed by atoms with Gasteiger partial charge >= 0.3 is 5.97 Å². The lowest BCUT2D eigenvalue weighted by Crippen LogP contribution is -2.09. The molecule has 128 valence electrons. The molecule has 1 heterocycles. The Morgan fingerprint density at radius 2 is 2.00 bits per heavy atom. The van der Waals surface area contributed by atoms with Gasteiger partial charge in [-0.05, 0) is 43.7 Å². The van der Waals surface area contributed by atoms with Crippen molar-refractivity contribution in [2.45, 2.75) is 20.5 Å². The van der Waals surface area contributed by atoms with Crippen molar-refractivity contribution in [3.05, 3.63) is 75.8 Å². The van der Waals surface area contributed by atoms with E-state index >= 15 is 0 Å². The number of nitrogens with zero attached hydrogens (tertiary/aromatic N) is 3. The monoisotopic (exact) mass is 359 g/mol. The summed E-state index contributed by atoms with van der Waals surface area (Å²) in [7, 11) is 0. The van der Waals surface area contributed by atoms with E-state index in [-0.39, 0.29) is 18.1 Å². The standard InChI is InChI=1S/C18H15ClFN3O2/c1-11-9-14(20)7-8-16(11)23-12(2)17(21-22-23)18(24)25-10-13-5-3-4-6-15(13)19/h3-9H,10H2,1-2H3. The molecule has 0 saturated carbocycles. The number of halogens is 2. The van der Waals surface area contributed by atoms with Crippen LogP contribution in [0, 0.1) is 19.7 Å². The molecule has 25 heavy (non-hydrogen) atoms. The van der Waals surface area contributed by atoms with E-state index in [4.69, 9.17) is 16.3 Å². The van der Waals surface area contributed by atoms with E-state index in [1.807, 2.05) is 6.07 Å². The molecular weight excluding hydrogens is 345 g/mol. The third kappa shape index (κ3) is 3.53. The van der Waals surface area contributed by atoms with Crippen LogP contribution in [0.4, 0.5) is 4.39 Å². The van der Waals surface area contributed by atoms with Crippen LogP contribution in [0.2, 0.25) is 5.02 Å². The fraction of sp³-hybridized carbons (Fsp3) is 0.167. The fourth-order valence-electron chi connectivity index (χ4n) is 2.43. The van der Waals surface area contributed by atoms with Gasteiger partial charge in [-0.1, -0.05) is 35.0 Å². The molecular formula is C18H15ClFN3O2. The number of rotatable bonds is 4. The molecule has 3 rings (SSSR count). The Morgan fingerprint density at radius 3 is 2.72 bits per heavy atom. The van der Waals surface area contributed by atoms with Crippen LogP contribution >= 0.6 is 11.6 Å². The second-order valence-corrected chi connectivity index (χ2v) is 5.94. The molecule has 0 bridgehead atoms. The van der Waals surface area contributed by atoms with Gasteiger partial charge in [0.2, 0.25) is 0 Å². The van der Waals surface area contributed by atoms with Gasteiger partial charge < -0.3 is 4.74 Å². The molecule has 0 fully saturated rings. The average molecular weight is 360 g/mol. The van der Waals surface area contributed by atoms with Crippen LogP contribution in [0.5, 0.6) is 0 Å².